The van der Waals surface area contributed by atoms with Crippen LogP contribution >= 0.6 is 0 Å². The van der Waals surface area contributed by atoms with E-state index >= 15 is 0 Å². The Morgan fingerprint density at radius 3 is 2.82 bits per heavy atom. The molecule has 0 atom stereocenters. The summed E-state index contributed by atoms with van der Waals surface area (Å²) in [4.78, 5) is 11.2. The van der Waals surface area contributed by atoms with Crippen LogP contribution in [0.3, 0.4) is 0 Å². The molecule has 94 valence electrons. The first-order valence-electron chi connectivity index (χ1n) is 6.25. The first kappa shape index (κ1) is 13.7. The third kappa shape index (κ3) is 6.07. The Labute approximate surface area is 104 Å². The Morgan fingerprint density at radius 2 is 2.12 bits per heavy atom. The summed E-state index contributed by atoms with van der Waals surface area (Å²) in [7, 11) is 0. The zero-order valence-corrected chi connectivity index (χ0v) is 10.8. The number of carbonyl (C=O) groups is 1. The van der Waals surface area contributed by atoms with Gasteiger partial charge < -0.3 is 10.6 Å². The van der Waals surface area contributed by atoms with Gasteiger partial charge in [0.1, 0.15) is 0 Å². The van der Waals surface area contributed by atoms with Crippen LogP contribution in [0.2, 0.25) is 0 Å². The van der Waals surface area contributed by atoms with E-state index in [1.54, 1.807) is 0 Å². The molecule has 0 aliphatic rings. The summed E-state index contributed by atoms with van der Waals surface area (Å²) in [5.74, 6) is 0.121. The minimum Gasteiger partial charge on any atom is -0.356 e. The summed E-state index contributed by atoms with van der Waals surface area (Å²) in [6.07, 6.45) is 1.57. The van der Waals surface area contributed by atoms with Gasteiger partial charge in [0.25, 0.3) is 0 Å². The molecule has 0 aromatic heterocycles. The van der Waals surface area contributed by atoms with Gasteiger partial charge in [0.2, 0.25) is 5.91 Å². The van der Waals surface area contributed by atoms with Gasteiger partial charge in [-0.05, 0) is 32.4 Å². The van der Waals surface area contributed by atoms with Crippen LogP contribution in [0.5, 0.6) is 0 Å². The molecule has 17 heavy (non-hydrogen) atoms. The average Bonchev–Trinajstić information content (AvgIpc) is 2.29. The van der Waals surface area contributed by atoms with Crippen molar-refractivity contribution in [2.75, 3.05) is 19.6 Å². The molecule has 0 aliphatic heterocycles. The van der Waals surface area contributed by atoms with E-state index < -0.39 is 0 Å². The largest absolute Gasteiger partial charge is 0.356 e. The fourth-order valence-electron chi connectivity index (χ4n) is 1.71. The highest BCUT2D eigenvalue weighted by atomic mass is 16.1. The number of nitrogens with one attached hydrogen (secondary N) is 2. The number of benzene rings is 1. The van der Waals surface area contributed by atoms with Gasteiger partial charge in [0.05, 0.1) is 0 Å². The summed E-state index contributed by atoms with van der Waals surface area (Å²) >= 11 is 0. The summed E-state index contributed by atoms with van der Waals surface area (Å²) in [6, 6.07) is 8.52. The number of carbonyl (C=O) groups excluding carboxylic acids is 1. The SMILES string of the molecule is CCNC(=O)CCNCCc1cccc(C)c1. The van der Waals surface area contributed by atoms with E-state index in [1.807, 2.05) is 6.92 Å². The van der Waals surface area contributed by atoms with Crippen molar-refractivity contribution in [3.8, 4) is 0 Å². The van der Waals surface area contributed by atoms with Crippen molar-refractivity contribution in [1.29, 1.82) is 0 Å². The summed E-state index contributed by atoms with van der Waals surface area (Å²) < 4.78 is 0. The Hall–Kier alpha value is -1.35. The molecule has 0 heterocycles. The molecule has 0 saturated heterocycles. The van der Waals surface area contributed by atoms with Gasteiger partial charge in [-0.1, -0.05) is 29.8 Å². The van der Waals surface area contributed by atoms with E-state index in [0.29, 0.717) is 13.0 Å². The fourth-order valence-corrected chi connectivity index (χ4v) is 1.71. The van der Waals surface area contributed by atoms with Gasteiger partial charge in [-0.2, -0.15) is 0 Å². The molecule has 0 fully saturated rings. The van der Waals surface area contributed by atoms with Crippen LogP contribution < -0.4 is 10.6 Å². The quantitative estimate of drug-likeness (QED) is 0.704. The molecule has 3 heteroatoms. The Bertz CT molecular complexity index is 350. The predicted molar refractivity (Wildman–Crippen MR) is 71.1 cm³/mol. The third-order valence-corrected chi connectivity index (χ3v) is 2.58. The van der Waals surface area contributed by atoms with Crippen molar-refractivity contribution in [3.05, 3.63) is 35.4 Å². The zero-order chi connectivity index (χ0) is 12.5. The number of amides is 1. The Kier molecular flexibility index (Phi) is 6.33. The number of rotatable bonds is 7. The van der Waals surface area contributed by atoms with E-state index in [1.165, 1.54) is 11.1 Å². The maximum absolute atomic E-state index is 11.2. The summed E-state index contributed by atoms with van der Waals surface area (Å²) in [6.45, 7) is 6.41. The number of hydrogen-bond acceptors (Lipinski definition) is 2. The van der Waals surface area contributed by atoms with E-state index in [9.17, 15) is 4.79 Å². The molecule has 0 spiro atoms. The molecule has 2 N–H and O–H groups in total. The van der Waals surface area contributed by atoms with Crippen molar-refractivity contribution in [3.63, 3.8) is 0 Å². The topological polar surface area (TPSA) is 41.1 Å². The van der Waals surface area contributed by atoms with Crippen LogP contribution in [0, 0.1) is 6.92 Å². The number of aryl methyl sites for hydroxylation is 1. The van der Waals surface area contributed by atoms with Crippen LogP contribution in [0.1, 0.15) is 24.5 Å². The van der Waals surface area contributed by atoms with Crippen LogP contribution in [-0.4, -0.2) is 25.5 Å². The second kappa shape index (κ2) is 7.85. The van der Waals surface area contributed by atoms with E-state index in [0.717, 1.165) is 19.5 Å². The van der Waals surface area contributed by atoms with Crippen molar-refractivity contribution in [2.24, 2.45) is 0 Å². The van der Waals surface area contributed by atoms with Gasteiger partial charge in [0, 0.05) is 19.5 Å². The molecule has 0 bridgehead atoms. The molecular formula is C14H22N2O. The highest BCUT2D eigenvalue weighted by molar-refractivity contribution is 5.75. The molecule has 1 aromatic rings. The molecule has 1 rings (SSSR count). The van der Waals surface area contributed by atoms with Gasteiger partial charge in [-0.25, -0.2) is 0 Å². The van der Waals surface area contributed by atoms with Gasteiger partial charge >= 0.3 is 0 Å². The minimum atomic E-state index is 0.121. The lowest BCUT2D eigenvalue weighted by molar-refractivity contribution is -0.120. The molecular weight excluding hydrogens is 212 g/mol. The number of hydrogen-bond donors (Lipinski definition) is 2. The maximum Gasteiger partial charge on any atom is 0.221 e. The highest BCUT2D eigenvalue weighted by Gasteiger charge is 1.98. The monoisotopic (exact) mass is 234 g/mol. The van der Waals surface area contributed by atoms with Crippen LogP contribution in [0.15, 0.2) is 24.3 Å². The Morgan fingerprint density at radius 1 is 1.29 bits per heavy atom. The molecule has 0 radical (unpaired) electrons. The molecule has 3 nitrogen and oxygen atoms in total. The summed E-state index contributed by atoms with van der Waals surface area (Å²) in [5, 5.41) is 6.06. The predicted octanol–water partition coefficient (Wildman–Crippen LogP) is 1.65. The van der Waals surface area contributed by atoms with Crippen LogP contribution in [0.4, 0.5) is 0 Å². The fraction of sp³-hybridized carbons (Fsp3) is 0.500. The van der Waals surface area contributed by atoms with Crippen molar-refractivity contribution in [1.82, 2.24) is 10.6 Å². The molecule has 1 aromatic carbocycles. The van der Waals surface area contributed by atoms with Crippen LogP contribution in [-0.2, 0) is 11.2 Å². The standard InChI is InChI=1S/C14H22N2O/c1-3-16-14(17)8-10-15-9-7-13-6-4-5-12(2)11-13/h4-6,11,15H,3,7-10H2,1-2H3,(H,16,17). The third-order valence-electron chi connectivity index (χ3n) is 2.58. The highest BCUT2D eigenvalue weighted by Crippen LogP contribution is 2.03. The van der Waals surface area contributed by atoms with Gasteiger partial charge in [0.15, 0.2) is 0 Å². The first-order valence-corrected chi connectivity index (χ1v) is 6.25. The molecule has 0 unspecified atom stereocenters. The Balaban J connectivity index is 2.10. The maximum atomic E-state index is 11.2. The molecule has 0 aliphatic carbocycles. The zero-order valence-electron chi connectivity index (χ0n) is 10.8. The van der Waals surface area contributed by atoms with Gasteiger partial charge in [-0.3, -0.25) is 4.79 Å². The van der Waals surface area contributed by atoms with Crippen molar-refractivity contribution in [2.45, 2.75) is 26.7 Å². The molecule has 0 saturated carbocycles. The summed E-state index contributed by atoms with van der Waals surface area (Å²) in [5.41, 5.74) is 2.64. The average molecular weight is 234 g/mol. The normalized spacial score (nSPS) is 10.2. The van der Waals surface area contributed by atoms with E-state index in [2.05, 4.69) is 41.8 Å². The lowest BCUT2D eigenvalue weighted by Gasteiger charge is -2.05. The lowest BCUT2D eigenvalue weighted by Crippen LogP contribution is -2.28. The molecule has 1 amide bonds. The second-order valence-corrected chi connectivity index (χ2v) is 4.19. The van der Waals surface area contributed by atoms with Crippen molar-refractivity contribution < 1.29 is 4.79 Å². The first-order chi connectivity index (χ1) is 8.22. The van der Waals surface area contributed by atoms with Crippen molar-refractivity contribution >= 4 is 5.91 Å². The van der Waals surface area contributed by atoms with E-state index in [-0.39, 0.29) is 5.91 Å². The second-order valence-electron chi connectivity index (χ2n) is 4.19. The smallest absolute Gasteiger partial charge is 0.221 e. The lowest BCUT2D eigenvalue weighted by atomic mass is 10.1. The van der Waals surface area contributed by atoms with Gasteiger partial charge in [-0.15, -0.1) is 0 Å². The van der Waals surface area contributed by atoms with E-state index in [4.69, 9.17) is 0 Å². The minimum absolute atomic E-state index is 0.121. The van der Waals surface area contributed by atoms with Crippen LogP contribution in [0.25, 0.3) is 0 Å².